The van der Waals surface area contributed by atoms with Gasteiger partial charge in [0.2, 0.25) is 10.0 Å². The van der Waals surface area contributed by atoms with E-state index in [2.05, 4.69) is 22.1 Å². The van der Waals surface area contributed by atoms with Crippen molar-refractivity contribution in [2.75, 3.05) is 5.43 Å². The van der Waals surface area contributed by atoms with Gasteiger partial charge < -0.3 is 5.43 Å². The summed E-state index contributed by atoms with van der Waals surface area (Å²) in [4.78, 5) is 3.97. The molecule has 0 aliphatic heterocycles. The summed E-state index contributed by atoms with van der Waals surface area (Å²) in [6.07, 6.45) is 7.97. The molecule has 0 aromatic carbocycles. The third-order valence-corrected chi connectivity index (χ3v) is 5.46. The third-order valence-electron chi connectivity index (χ3n) is 3.91. The number of pyridine rings is 1. The lowest BCUT2D eigenvalue weighted by molar-refractivity contribution is 0.301. The van der Waals surface area contributed by atoms with Crippen LogP contribution < -0.4 is 16.0 Å². The zero-order valence-corrected chi connectivity index (χ0v) is 12.5. The van der Waals surface area contributed by atoms with Crippen LogP contribution in [0.2, 0.25) is 0 Å². The Labute approximate surface area is 120 Å². The summed E-state index contributed by atoms with van der Waals surface area (Å²) in [5.41, 5.74) is 2.76. The van der Waals surface area contributed by atoms with Gasteiger partial charge in [-0.1, -0.05) is 26.2 Å². The molecule has 0 spiro atoms. The molecule has 1 saturated carbocycles. The van der Waals surface area contributed by atoms with Gasteiger partial charge in [0, 0.05) is 18.4 Å². The van der Waals surface area contributed by atoms with E-state index in [1.165, 1.54) is 18.8 Å². The number of hydrazine groups is 1. The molecule has 0 bridgehead atoms. The van der Waals surface area contributed by atoms with E-state index in [0.29, 0.717) is 11.6 Å². The molecule has 1 aliphatic carbocycles. The van der Waals surface area contributed by atoms with Gasteiger partial charge in [0.15, 0.2) is 0 Å². The van der Waals surface area contributed by atoms with Gasteiger partial charge in [-0.15, -0.1) is 0 Å². The molecule has 4 N–H and O–H groups in total. The number of nitrogens with two attached hydrogens (primary N) is 1. The highest BCUT2D eigenvalue weighted by atomic mass is 32.2. The number of nitrogen functional groups attached to an aromatic ring is 1. The van der Waals surface area contributed by atoms with Crippen molar-refractivity contribution in [3.63, 3.8) is 0 Å². The van der Waals surface area contributed by atoms with Crippen LogP contribution in [0.5, 0.6) is 0 Å². The van der Waals surface area contributed by atoms with Gasteiger partial charge in [0.25, 0.3) is 0 Å². The van der Waals surface area contributed by atoms with Crippen LogP contribution in [-0.4, -0.2) is 19.4 Å². The van der Waals surface area contributed by atoms with Crippen LogP contribution in [0.1, 0.15) is 39.0 Å². The van der Waals surface area contributed by atoms with Crippen LogP contribution in [0, 0.1) is 5.92 Å². The summed E-state index contributed by atoms with van der Waals surface area (Å²) < 4.78 is 27.6. The van der Waals surface area contributed by atoms with Crippen LogP contribution in [0.15, 0.2) is 23.4 Å². The maximum Gasteiger partial charge on any atom is 0.244 e. The molecule has 6 nitrogen and oxygen atoms in total. The van der Waals surface area contributed by atoms with Gasteiger partial charge >= 0.3 is 0 Å². The number of aromatic nitrogens is 1. The molecule has 20 heavy (non-hydrogen) atoms. The molecule has 1 heterocycles. The number of nitrogens with zero attached hydrogens (tertiary/aromatic N) is 1. The van der Waals surface area contributed by atoms with Crippen molar-refractivity contribution in [3.8, 4) is 0 Å². The smallest absolute Gasteiger partial charge is 0.244 e. The van der Waals surface area contributed by atoms with Crippen molar-refractivity contribution in [3.05, 3.63) is 18.5 Å². The van der Waals surface area contributed by atoms with Crippen LogP contribution in [0.4, 0.5) is 5.69 Å². The quantitative estimate of drug-likeness (QED) is 0.567. The zero-order chi connectivity index (χ0) is 14.6. The van der Waals surface area contributed by atoms with E-state index in [0.717, 1.165) is 25.7 Å². The van der Waals surface area contributed by atoms with E-state index in [9.17, 15) is 8.42 Å². The monoisotopic (exact) mass is 298 g/mol. The summed E-state index contributed by atoms with van der Waals surface area (Å²) in [6.45, 7) is 2.15. The minimum Gasteiger partial charge on any atom is -0.323 e. The Kier molecular flexibility index (Phi) is 4.95. The maximum absolute atomic E-state index is 12.4. The molecular formula is C13H22N4O2S. The van der Waals surface area contributed by atoms with Crippen LogP contribution >= 0.6 is 0 Å². The Hall–Kier alpha value is -1.18. The molecule has 2 unspecified atom stereocenters. The second kappa shape index (κ2) is 6.51. The van der Waals surface area contributed by atoms with Crippen molar-refractivity contribution in [2.45, 2.75) is 50.0 Å². The number of hydrogen-bond acceptors (Lipinski definition) is 5. The number of anilines is 1. The molecule has 2 atom stereocenters. The minimum atomic E-state index is -3.59. The fourth-order valence-electron chi connectivity index (χ4n) is 2.77. The fraction of sp³-hybridized carbons (Fsp3) is 0.615. The van der Waals surface area contributed by atoms with Crippen molar-refractivity contribution >= 4 is 15.7 Å². The molecule has 1 aromatic rings. The van der Waals surface area contributed by atoms with E-state index in [1.807, 2.05) is 0 Å². The van der Waals surface area contributed by atoms with Gasteiger partial charge in [-0.05, 0) is 24.8 Å². The first-order valence-electron chi connectivity index (χ1n) is 6.99. The lowest BCUT2D eigenvalue weighted by atomic mass is 9.85. The van der Waals surface area contributed by atoms with E-state index < -0.39 is 10.0 Å². The second-order valence-electron chi connectivity index (χ2n) is 5.28. The van der Waals surface area contributed by atoms with Gasteiger partial charge in [-0.2, -0.15) is 0 Å². The SMILES string of the molecule is CCC1CCCC(NS(=O)(=O)c2cnccc2NN)C1. The average molecular weight is 298 g/mol. The first-order valence-corrected chi connectivity index (χ1v) is 8.48. The van der Waals surface area contributed by atoms with Crippen LogP contribution in [0.3, 0.4) is 0 Å². The minimum absolute atomic E-state index is 0.00420. The molecule has 0 saturated heterocycles. The first kappa shape index (κ1) is 15.2. The Morgan fingerprint density at radius 1 is 1.45 bits per heavy atom. The van der Waals surface area contributed by atoms with E-state index in [1.54, 1.807) is 6.07 Å². The Morgan fingerprint density at radius 3 is 2.95 bits per heavy atom. The topological polar surface area (TPSA) is 97.1 Å². The molecule has 1 aromatic heterocycles. The van der Waals surface area contributed by atoms with Gasteiger partial charge in [0.05, 0.1) is 5.69 Å². The average Bonchev–Trinajstić information content (AvgIpc) is 2.47. The molecule has 0 radical (unpaired) electrons. The van der Waals surface area contributed by atoms with Crippen molar-refractivity contribution in [1.82, 2.24) is 9.71 Å². The predicted octanol–water partition coefficient (Wildman–Crippen LogP) is 1.61. The van der Waals surface area contributed by atoms with Gasteiger partial charge in [0.1, 0.15) is 4.90 Å². The maximum atomic E-state index is 12.4. The largest absolute Gasteiger partial charge is 0.323 e. The standard InChI is InChI=1S/C13H22N4O2S/c1-2-10-4-3-5-11(8-10)17-20(18,19)13-9-15-7-6-12(13)16-14/h6-7,9-11,17H,2-5,8,14H2,1H3,(H,15,16). The second-order valence-corrected chi connectivity index (χ2v) is 6.96. The van der Waals surface area contributed by atoms with E-state index in [-0.39, 0.29) is 10.9 Å². The van der Waals surface area contributed by atoms with Crippen molar-refractivity contribution < 1.29 is 8.42 Å². The highest BCUT2D eigenvalue weighted by molar-refractivity contribution is 7.89. The van der Waals surface area contributed by atoms with Crippen LogP contribution in [0.25, 0.3) is 0 Å². The molecule has 1 aliphatic rings. The number of nitrogens with one attached hydrogen (secondary N) is 2. The highest BCUT2D eigenvalue weighted by Crippen LogP contribution is 2.28. The Bertz CT molecular complexity index is 547. The number of hydrogen-bond donors (Lipinski definition) is 3. The molecule has 2 rings (SSSR count). The summed E-state index contributed by atoms with van der Waals surface area (Å²) in [5, 5.41) is 0. The Balaban J connectivity index is 2.14. The summed E-state index contributed by atoms with van der Waals surface area (Å²) in [5.74, 6) is 5.96. The number of sulfonamides is 1. The Morgan fingerprint density at radius 2 is 2.25 bits per heavy atom. The molecule has 112 valence electrons. The van der Waals surface area contributed by atoms with E-state index in [4.69, 9.17) is 5.84 Å². The summed E-state index contributed by atoms with van der Waals surface area (Å²) >= 11 is 0. The molecule has 1 fully saturated rings. The summed E-state index contributed by atoms with van der Waals surface area (Å²) in [7, 11) is -3.59. The predicted molar refractivity (Wildman–Crippen MR) is 78.4 cm³/mol. The highest BCUT2D eigenvalue weighted by Gasteiger charge is 2.27. The van der Waals surface area contributed by atoms with E-state index >= 15 is 0 Å². The summed E-state index contributed by atoms with van der Waals surface area (Å²) in [6, 6.07) is 1.55. The first-order chi connectivity index (χ1) is 9.56. The molecular weight excluding hydrogens is 276 g/mol. The van der Waals surface area contributed by atoms with Gasteiger partial charge in [-0.3, -0.25) is 10.8 Å². The lowest BCUT2D eigenvalue weighted by Crippen LogP contribution is -2.38. The normalized spacial score (nSPS) is 23.5. The fourth-order valence-corrected chi connectivity index (χ4v) is 4.16. The molecule has 0 amide bonds. The zero-order valence-electron chi connectivity index (χ0n) is 11.7. The lowest BCUT2D eigenvalue weighted by Gasteiger charge is -2.29. The van der Waals surface area contributed by atoms with Crippen molar-refractivity contribution in [2.24, 2.45) is 11.8 Å². The number of rotatable bonds is 5. The molecule has 7 heteroatoms. The van der Waals surface area contributed by atoms with Crippen molar-refractivity contribution in [1.29, 1.82) is 0 Å². The van der Waals surface area contributed by atoms with Gasteiger partial charge in [-0.25, -0.2) is 13.1 Å². The van der Waals surface area contributed by atoms with Crippen LogP contribution in [-0.2, 0) is 10.0 Å². The third kappa shape index (κ3) is 3.47.